The number of allylic oxidation sites excluding steroid dienone is 4. The van der Waals surface area contributed by atoms with Crippen molar-refractivity contribution in [1.82, 2.24) is 4.90 Å². The van der Waals surface area contributed by atoms with Crippen molar-refractivity contribution in [2.75, 3.05) is 6.54 Å². The molecule has 0 aromatic heterocycles. The maximum Gasteiger partial charge on any atom is 0.229 e. The lowest BCUT2D eigenvalue weighted by atomic mass is 9.87. The quantitative estimate of drug-likeness (QED) is 0.723. The summed E-state index contributed by atoms with van der Waals surface area (Å²) in [5, 5.41) is 0. The Balaban J connectivity index is 2.05. The smallest absolute Gasteiger partial charge is 0.229 e. The maximum absolute atomic E-state index is 12.9. The summed E-state index contributed by atoms with van der Waals surface area (Å²) in [4.78, 5) is 14.9. The molecule has 111 valence electrons. The third kappa shape index (κ3) is 4.22. The molecule has 0 aromatic rings. The fourth-order valence-electron chi connectivity index (χ4n) is 3.03. The van der Waals surface area contributed by atoms with Crippen LogP contribution in [0.3, 0.4) is 0 Å². The normalized spacial score (nSPS) is 20.1. The van der Waals surface area contributed by atoms with E-state index in [0.717, 1.165) is 37.9 Å². The van der Waals surface area contributed by atoms with Crippen molar-refractivity contribution in [2.24, 2.45) is 11.8 Å². The first-order valence-electron chi connectivity index (χ1n) is 8.20. The van der Waals surface area contributed by atoms with Crippen molar-refractivity contribution in [3.8, 4) is 0 Å². The predicted octanol–water partition coefficient (Wildman–Crippen LogP) is 4.49. The van der Waals surface area contributed by atoms with E-state index < -0.39 is 0 Å². The lowest BCUT2D eigenvalue weighted by Gasteiger charge is -2.32. The van der Waals surface area contributed by atoms with Gasteiger partial charge in [-0.3, -0.25) is 4.79 Å². The molecule has 0 spiro atoms. The Morgan fingerprint density at radius 3 is 2.65 bits per heavy atom. The molecule has 1 fully saturated rings. The Hall–Kier alpha value is -1.05. The molecule has 1 saturated carbocycles. The fraction of sp³-hybridized carbons (Fsp3) is 0.667. The highest BCUT2D eigenvalue weighted by Gasteiger charge is 2.27. The van der Waals surface area contributed by atoms with Gasteiger partial charge in [0.1, 0.15) is 0 Å². The average Bonchev–Trinajstić information content (AvgIpc) is 2.49. The molecular formula is C18H28NO. The first-order chi connectivity index (χ1) is 9.68. The number of carbonyl (C=O) groups excluding carboxylic acids is 1. The molecule has 0 aliphatic heterocycles. The first-order valence-corrected chi connectivity index (χ1v) is 8.20. The summed E-state index contributed by atoms with van der Waals surface area (Å²) < 4.78 is 0. The molecule has 2 nitrogen and oxygen atoms in total. The van der Waals surface area contributed by atoms with Crippen LogP contribution in [0.1, 0.15) is 58.8 Å². The number of carbonyl (C=O) groups is 1. The van der Waals surface area contributed by atoms with Gasteiger partial charge < -0.3 is 4.90 Å². The van der Waals surface area contributed by atoms with Crippen LogP contribution in [-0.4, -0.2) is 17.4 Å². The minimum absolute atomic E-state index is 0.260. The third-order valence-corrected chi connectivity index (χ3v) is 4.33. The van der Waals surface area contributed by atoms with Crippen molar-refractivity contribution in [2.45, 2.75) is 58.8 Å². The van der Waals surface area contributed by atoms with Gasteiger partial charge in [-0.15, -0.1) is 0 Å². The van der Waals surface area contributed by atoms with E-state index >= 15 is 0 Å². The van der Waals surface area contributed by atoms with Crippen molar-refractivity contribution in [3.63, 3.8) is 0 Å². The van der Waals surface area contributed by atoms with E-state index in [1.165, 1.54) is 19.3 Å². The maximum atomic E-state index is 12.9. The lowest BCUT2D eigenvalue weighted by Crippen LogP contribution is -2.38. The highest BCUT2D eigenvalue weighted by Crippen LogP contribution is 2.28. The molecule has 20 heavy (non-hydrogen) atoms. The van der Waals surface area contributed by atoms with Gasteiger partial charge in [0.25, 0.3) is 0 Å². The summed E-state index contributed by atoms with van der Waals surface area (Å²) in [7, 11) is 0. The Morgan fingerprint density at radius 1 is 1.30 bits per heavy atom. The van der Waals surface area contributed by atoms with Gasteiger partial charge in [-0.25, -0.2) is 0 Å². The topological polar surface area (TPSA) is 20.3 Å². The summed E-state index contributed by atoms with van der Waals surface area (Å²) in [6.45, 7) is 5.31. The van der Waals surface area contributed by atoms with Gasteiger partial charge in [0.05, 0.1) is 0 Å². The van der Waals surface area contributed by atoms with Crippen LogP contribution in [0, 0.1) is 18.3 Å². The van der Waals surface area contributed by atoms with Crippen LogP contribution in [0.5, 0.6) is 0 Å². The molecule has 0 atom stereocenters. The zero-order chi connectivity index (χ0) is 14.4. The second-order valence-corrected chi connectivity index (χ2v) is 6.47. The van der Waals surface area contributed by atoms with Crippen LogP contribution in [0.25, 0.3) is 0 Å². The summed E-state index contributed by atoms with van der Waals surface area (Å²) in [5.74, 6) is 1.26. The van der Waals surface area contributed by atoms with Gasteiger partial charge >= 0.3 is 0 Å². The van der Waals surface area contributed by atoms with E-state index in [-0.39, 0.29) is 5.92 Å². The van der Waals surface area contributed by atoms with Crippen molar-refractivity contribution < 1.29 is 4.79 Å². The molecule has 2 rings (SSSR count). The molecule has 0 unspecified atom stereocenters. The monoisotopic (exact) mass is 274 g/mol. The molecule has 1 amide bonds. The van der Waals surface area contributed by atoms with Crippen LogP contribution in [0.15, 0.2) is 23.9 Å². The minimum Gasteiger partial charge on any atom is -0.316 e. The Labute approximate surface area is 123 Å². The fourth-order valence-corrected chi connectivity index (χ4v) is 3.03. The van der Waals surface area contributed by atoms with E-state index in [2.05, 4.69) is 43.4 Å². The molecule has 2 aliphatic carbocycles. The second kappa shape index (κ2) is 7.66. The number of amides is 1. The molecule has 2 aliphatic rings. The second-order valence-electron chi connectivity index (χ2n) is 6.47. The van der Waals surface area contributed by atoms with Gasteiger partial charge in [0, 0.05) is 24.6 Å². The van der Waals surface area contributed by atoms with E-state index in [0.29, 0.717) is 11.8 Å². The van der Waals surface area contributed by atoms with E-state index in [9.17, 15) is 4.79 Å². The summed E-state index contributed by atoms with van der Waals surface area (Å²) >= 11 is 0. The number of rotatable bonds is 5. The molecule has 0 bridgehead atoms. The van der Waals surface area contributed by atoms with Crippen LogP contribution >= 0.6 is 0 Å². The molecule has 2 heteroatoms. The van der Waals surface area contributed by atoms with Gasteiger partial charge in [0.2, 0.25) is 5.91 Å². The van der Waals surface area contributed by atoms with Crippen LogP contribution in [-0.2, 0) is 4.79 Å². The number of hydrogen-bond donors (Lipinski definition) is 0. The Kier molecular flexibility index (Phi) is 5.87. The van der Waals surface area contributed by atoms with Crippen LogP contribution in [0.2, 0.25) is 0 Å². The zero-order valence-corrected chi connectivity index (χ0v) is 13.0. The molecule has 0 saturated heterocycles. The highest BCUT2D eigenvalue weighted by atomic mass is 16.2. The van der Waals surface area contributed by atoms with Crippen molar-refractivity contribution in [3.05, 3.63) is 30.3 Å². The van der Waals surface area contributed by atoms with Gasteiger partial charge in [-0.1, -0.05) is 45.3 Å². The summed E-state index contributed by atoms with van der Waals surface area (Å²) in [6.07, 6.45) is 16.4. The Morgan fingerprint density at radius 2 is 2.05 bits per heavy atom. The minimum atomic E-state index is 0.260. The van der Waals surface area contributed by atoms with E-state index in [4.69, 9.17) is 0 Å². The van der Waals surface area contributed by atoms with Crippen molar-refractivity contribution in [1.29, 1.82) is 0 Å². The molecule has 0 aromatic carbocycles. The van der Waals surface area contributed by atoms with Gasteiger partial charge in [-0.05, 0) is 37.7 Å². The van der Waals surface area contributed by atoms with E-state index in [1.54, 1.807) is 0 Å². The largest absolute Gasteiger partial charge is 0.316 e. The average molecular weight is 274 g/mol. The predicted molar refractivity (Wildman–Crippen MR) is 83.9 cm³/mol. The molecule has 0 N–H and O–H groups in total. The number of nitrogens with zero attached hydrogens (tertiary/aromatic N) is 1. The molecule has 0 heterocycles. The SMILES string of the molecule is CC(C)CCN(C(=O)C1CCCCC1)C1=CC=CC[CH]1. The summed E-state index contributed by atoms with van der Waals surface area (Å²) in [6, 6.07) is 0. The van der Waals surface area contributed by atoms with E-state index in [1.807, 2.05) is 0 Å². The van der Waals surface area contributed by atoms with Crippen LogP contribution < -0.4 is 0 Å². The standard InChI is InChI=1S/C18H28NO/c1-15(2)13-14-19(17-11-7-4-8-12-17)18(20)16-9-5-3-6-10-16/h4,7,11-12,15-16H,3,5-6,8-10,13-14H2,1-2H3. The zero-order valence-electron chi connectivity index (χ0n) is 13.0. The number of hydrogen-bond acceptors (Lipinski definition) is 1. The van der Waals surface area contributed by atoms with Gasteiger partial charge in [0.15, 0.2) is 0 Å². The lowest BCUT2D eigenvalue weighted by molar-refractivity contribution is -0.134. The van der Waals surface area contributed by atoms with Crippen molar-refractivity contribution >= 4 is 5.91 Å². The van der Waals surface area contributed by atoms with Gasteiger partial charge in [-0.2, -0.15) is 0 Å². The molecular weight excluding hydrogens is 246 g/mol. The first kappa shape index (κ1) is 15.3. The third-order valence-electron chi connectivity index (χ3n) is 4.33. The Bertz CT molecular complexity index is 375. The summed E-state index contributed by atoms with van der Waals surface area (Å²) in [5.41, 5.74) is 1.11. The molecule has 1 radical (unpaired) electrons. The van der Waals surface area contributed by atoms with Crippen LogP contribution in [0.4, 0.5) is 0 Å². The highest BCUT2D eigenvalue weighted by molar-refractivity contribution is 5.81.